The quantitative estimate of drug-likeness (QED) is 0.708. The van der Waals surface area contributed by atoms with E-state index in [0.29, 0.717) is 0 Å². The average Bonchev–Trinajstić information content (AvgIpc) is 2.24. The van der Waals surface area contributed by atoms with E-state index in [9.17, 15) is 4.79 Å². The summed E-state index contributed by atoms with van der Waals surface area (Å²) < 4.78 is 0. The van der Waals surface area contributed by atoms with Crippen molar-refractivity contribution in [2.45, 2.75) is 24.4 Å². The number of hydrogen-bond acceptors (Lipinski definition) is 2. The fraction of sp³-hybridized carbons (Fsp3) is 0.417. The highest BCUT2D eigenvalue weighted by molar-refractivity contribution is 5.72. The molecule has 0 saturated heterocycles. The molecule has 1 aromatic rings. The van der Waals surface area contributed by atoms with Gasteiger partial charge in [0.1, 0.15) is 0 Å². The normalized spacial score (nSPS) is 28.2. The van der Waals surface area contributed by atoms with Gasteiger partial charge in [-0.3, -0.25) is 0 Å². The van der Waals surface area contributed by atoms with Gasteiger partial charge in [0.05, 0.1) is 0 Å². The van der Waals surface area contributed by atoms with Crippen LogP contribution in [0.5, 0.6) is 0 Å². The van der Waals surface area contributed by atoms with E-state index in [2.05, 4.69) is 22.8 Å². The van der Waals surface area contributed by atoms with Crippen molar-refractivity contribution in [3.63, 3.8) is 0 Å². The van der Waals surface area contributed by atoms with Crippen molar-refractivity contribution < 1.29 is 4.79 Å². The number of rotatable bonds is 3. The first-order valence-electron chi connectivity index (χ1n) is 5.47. The lowest BCUT2D eigenvalue weighted by Gasteiger charge is -2.48. The van der Waals surface area contributed by atoms with Gasteiger partial charge in [0.25, 0.3) is 0 Å². The van der Waals surface area contributed by atoms with Crippen LogP contribution in [0.1, 0.15) is 18.4 Å². The van der Waals surface area contributed by atoms with Gasteiger partial charge in [0.15, 0.2) is 0 Å². The van der Waals surface area contributed by atoms with Gasteiger partial charge in [-0.2, -0.15) is 0 Å². The van der Waals surface area contributed by atoms with Crippen molar-refractivity contribution >= 4 is 6.03 Å². The maximum Gasteiger partial charge on any atom is 0.312 e. The highest BCUT2D eigenvalue weighted by Gasteiger charge is 2.44. The van der Waals surface area contributed by atoms with Crippen LogP contribution < -0.4 is 16.4 Å². The zero-order valence-corrected chi connectivity index (χ0v) is 9.36. The molecule has 16 heavy (non-hydrogen) atoms. The van der Waals surface area contributed by atoms with E-state index >= 15 is 0 Å². The molecule has 0 aliphatic heterocycles. The summed E-state index contributed by atoms with van der Waals surface area (Å²) in [6.07, 6.45) is 1.77. The lowest BCUT2D eigenvalue weighted by molar-refractivity contribution is 0.143. The summed E-state index contributed by atoms with van der Waals surface area (Å²) in [5.41, 5.74) is 6.36. The molecule has 0 unspecified atom stereocenters. The van der Waals surface area contributed by atoms with Crippen LogP contribution >= 0.6 is 0 Å². The average molecular weight is 219 g/mol. The first kappa shape index (κ1) is 11.0. The van der Waals surface area contributed by atoms with Crippen LogP contribution in [0.15, 0.2) is 30.3 Å². The highest BCUT2D eigenvalue weighted by Crippen LogP contribution is 2.40. The smallest absolute Gasteiger partial charge is 0.312 e. The molecule has 1 saturated carbocycles. The molecular formula is C12H17N3O. The fourth-order valence-corrected chi connectivity index (χ4v) is 2.43. The molecule has 86 valence electrons. The van der Waals surface area contributed by atoms with Gasteiger partial charge in [0, 0.05) is 11.6 Å². The number of nitrogens with two attached hydrogens (primary N) is 1. The van der Waals surface area contributed by atoms with Crippen molar-refractivity contribution in [1.29, 1.82) is 0 Å². The monoisotopic (exact) mass is 219 g/mol. The molecule has 1 aliphatic carbocycles. The van der Waals surface area contributed by atoms with E-state index in [1.165, 1.54) is 5.56 Å². The molecule has 1 fully saturated rings. The minimum atomic E-state index is -0.442. The predicted molar refractivity (Wildman–Crippen MR) is 62.9 cm³/mol. The Kier molecular flexibility index (Phi) is 2.83. The maximum absolute atomic E-state index is 10.7. The van der Waals surface area contributed by atoms with E-state index in [1.807, 2.05) is 25.2 Å². The summed E-state index contributed by atoms with van der Waals surface area (Å²) in [6.45, 7) is 0. The van der Waals surface area contributed by atoms with Crippen molar-refractivity contribution in [2.75, 3.05) is 7.05 Å². The third kappa shape index (κ3) is 1.88. The molecule has 0 radical (unpaired) electrons. The van der Waals surface area contributed by atoms with Gasteiger partial charge in [-0.15, -0.1) is 0 Å². The van der Waals surface area contributed by atoms with Gasteiger partial charge in [-0.25, -0.2) is 4.79 Å². The molecule has 4 heteroatoms. The van der Waals surface area contributed by atoms with Crippen LogP contribution in [0.2, 0.25) is 0 Å². The molecule has 0 aromatic heterocycles. The Morgan fingerprint density at radius 2 is 2.00 bits per heavy atom. The van der Waals surface area contributed by atoms with Gasteiger partial charge in [-0.1, -0.05) is 30.3 Å². The number of urea groups is 1. The Hall–Kier alpha value is -1.55. The second-order valence-corrected chi connectivity index (χ2v) is 4.31. The predicted octanol–water partition coefficient (Wildman–Crippen LogP) is 0.932. The van der Waals surface area contributed by atoms with E-state index < -0.39 is 6.03 Å². The van der Waals surface area contributed by atoms with Crippen LogP contribution in [0.4, 0.5) is 4.79 Å². The summed E-state index contributed by atoms with van der Waals surface area (Å²) in [4.78, 5) is 10.7. The number of nitrogens with one attached hydrogen (secondary N) is 2. The molecule has 0 atom stereocenters. The van der Waals surface area contributed by atoms with Crippen LogP contribution in [0.3, 0.4) is 0 Å². The molecule has 2 amide bonds. The van der Waals surface area contributed by atoms with E-state index in [1.54, 1.807) is 0 Å². The summed E-state index contributed by atoms with van der Waals surface area (Å²) >= 11 is 0. The number of carbonyl (C=O) groups excluding carboxylic acids is 1. The topological polar surface area (TPSA) is 67.2 Å². The van der Waals surface area contributed by atoms with E-state index in [4.69, 9.17) is 5.73 Å². The molecule has 0 bridgehead atoms. The van der Waals surface area contributed by atoms with Gasteiger partial charge >= 0.3 is 6.03 Å². The van der Waals surface area contributed by atoms with Crippen LogP contribution in [-0.4, -0.2) is 19.1 Å². The summed E-state index contributed by atoms with van der Waals surface area (Å²) in [5.74, 6) is 0. The number of amides is 2. The zero-order chi connectivity index (χ0) is 11.6. The Labute approximate surface area is 95.2 Å². The standard InChI is InChI=1S/C12H17N3O/c1-14-12(9-5-3-2-4-6-9)7-10(8-12)15-11(13)16/h2-6,10,14H,7-8H2,1H3,(H3,13,15,16)/t10-,12+. The Bertz CT molecular complexity index is 371. The number of hydrogen-bond donors (Lipinski definition) is 3. The first-order valence-corrected chi connectivity index (χ1v) is 5.47. The fourth-order valence-electron chi connectivity index (χ4n) is 2.43. The zero-order valence-electron chi connectivity index (χ0n) is 9.36. The summed E-state index contributed by atoms with van der Waals surface area (Å²) in [7, 11) is 1.95. The third-order valence-electron chi connectivity index (χ3n) is 3.34. The number of benzene rings is 1. The maximum atomic E-state index is 10.7. The third-order valence-corrected chi connectivity index (χ3v) is 3.34. The minimum absolute atomic E-state index is 0.00558. The Balaban J connectivity index is 2.06. The van der Waals surface area contributed by atoms with E-state index in [0.717, 1.165) is 12.8 Å². The second-order valence-electron chi connectivity index (χ2n) is 4.31. The van der Waals surface area contributed by atoms with Crippen LogP contribution in [-0.2, 0) is 5.54 Å². The largest absolute Gasteiger partial charge is 0.352 e. The molecule has 1 aromatic carbocycles. The lowest BCUT2D eigenvalue weighted by Crippen LogP contribution is -2.59. The van der Waals surface area contributed by atoms with Crippen LogP contribution in [0.25, 0.3) is 0 Å². The summed E-state index contributed by atoms with van der Waals surface area (Å²) in [5, 5.41) is 6.08. The van der Waals surface area contributed by atoms with Crippen LogP contribution in [0, 0.1) is 0 Å². The molecule has 1 aliphatic rings. The summed E-state index contributed by atoms with van der Waals surface area (Å²) in [6, 6.07) is 10.0. The molecular weight excluding hydrogens is 202 g/mol. The Morgan fingerprint density at radius 3 is 2.50 bits per heavy atom. The SMILES string of the molecule is CN[C@]1(c2ccccc2)C[C@H](NC(N)=O)C1. The van der Waals surface area contributed by atoms with Gasteiger partial charge in [0.2, 0.25) is 0 Å². The molecule has 0 heterocycles. The molecule has 4 N–H and O–H groups in total. The van der Waals surface area contributed by atoms with Crippen molar-refractivity contribution in [3.8, 4) is 0 Å². The van der Waals surface area contributed by atoms with Crippen molar-refractivity contribution in [2.24, 2.45) is 5.73 Å². The van der Waals surface area contributed by atoms with Crippen molar-refractivity contribution in [3.05, 3.63) is 35.9 Å². The lowest BCUT2D eigenvalue weighted by atomic mass is 9.68. The molecule has 0 spiro atoms. The number of primary amides is 1. The van der Waals surface area contributed by atoms with E-state index in [-0.39, 0.29) is 11.6 Å². The second kappa shape index (κ2) is 4.14. The minimum Gasteiger partial charge on any atom is -0.352 e. The molecule has 4 nitrogen and oxygen atoms in total. The highest BCUT2D eigenvalue weighted by atomic mass is 16.2. The Morgan fingerprint density at radius 1 is 1.38 bits per heavy atom. The molecule has 2 rings (SSSR count). The first-order chi connectivity index (χ1) is 7.66. The number of carbonyl (C=O) groups is 1. The van der Waals surface area contributed by atoms with Crippen molar-refractivity contribution in [1.82, 2.24) is 10.6 Å². The van der Waals surface area contributed by atoms with Gasteiger partial charge in [-0.05, 0) is 25.5 Å². The van der Waals surface area contributed by atoms with Gasteiger partial charge < -0.3 is 16.4 Å².